The lowest BCUT2D eigenvalue weighted by Crippen LogP contribution is -2.33. The number of aromatic nitrogens is 3. The Morgan fingerprint density at radius 1 is 0.974 bits per heavy atom. The summed E-state index contributed by atoms with van der Waals surface area (Å²) in [6.45, 7) is 0.982. The van der Waals surface area contributed by atoms with Crippen molar-refractivity contribution >= 4 is 35.1 Å². The first kappa shape index (κ1) is 27.5. The van der Waals surface area contributed by atoms with Crippen LogP contribution in [-0.4, -0.2) is 48.7 Å². The standard InChI is InChI=1S/C28H30ClN7O3/c1-30-28(37)31-13-12-19-4-8-24(9-5-19)39-26-15-20(16-32-27-33-17-21(29)18-34-27)14-25(35-26)36(2)22-6-10-23(38-3)11-7-22/h4-11,14-15,17-18H,12-13,16H2,1-3H3,(H2,30,31,37)(H,32,33,34). The number of carbonyl (C=O) groups is 1. The molecular formula is C28H30ClN7O3. The summed E-state index contributed by atoms with van der Waals surface area (Å²) in [6.07, 6.45) is 3.79. The number of amides is 2. The number of halogens is 1. The number of hydrogen-bond acceptors (Lipinski definition) is 8. The molecule has 11 heteroatoms. The maximum Gasteiger partial charge on any atom is 0.314 e. The molecule has 2 aromatic heterocycles. The summed E-state index contributed by atoms with van der Waals surface area (Å²) in [5.41, 5.74) is 2.94. The van der Waals surface area contributed by atoms with E-state index in [1.54, 1.807) is 26.6 Å². The van der Waals surface area contributed by atoms with Gasteiger partial charge >= 0.3 is 6.03 Å². The average Bonchev–Trinajstić information content (AvgIpc) is 2.97. The Morgan fingerprint density at radius 2 is 1.67 bits per heavy atom. The third-order valence-electron chi connectivity index (χ3n) is 5.79. The molecule has 0 aliphatic heterocycles. The van der Waals surface area contributed by atoms with Crippen LogP contribution in [0.3, 0.4) is 0 Å². The highest BCUT2D eigenvalue weighted by Crippen LogP contribution is 2.29. The van der Waals surface area contributed by atoms with E-state index < -0.39 is 0 Å². The van der Waals surface area contributed by atoms with E-state index in [-0.39, 0.29) is 6.03 Å². The number of urea groups is 1. The number of hydrogen-bond donors (Lipinski definition) is 3. The van der Waals surface area contributed by atoms with Crippen molar-refractivity contribution in [1.29, 1.82) is 0 Å². The number of benzene rings is 2. The molecule has 0 atom stereocenters. The van der Waals surface area contributed by atoms with Gasteiger partial charge in [-0.25, -0.2) is 14.8 Å². The van der Waals surface area contributed by atoms with E-state index >= 15 is 0 Å². The van der Waals surface area contributed by atoms with Crippen LogP contribution in [0.25, 0.3) is 0 Å². The summed E-state index contributed by atoms with van der Waals surface area (Å²) in [5.74, 6) is 3.02. The van der Waals surface area contributed by atoms with Crippen LogP contribution in [0.5, 0.6) is 17.4 Å². The Hall–Kier alpha value is -4.57. The van der Waals surface area contributed by atoms with E-state index in [4.69, 9.17) is 26.1 Å². The molecule has 4 aromatic rings. The normalized spacial score (nSPS) is 10.5. The van der Waals surface area contributed by atoms with Crippen LogP contribution in [0.1, 0.15) is 11.1 Å². The van der Waals surface area contributed by atoms with Crippen LogP contribution in [0, 0.1) is 0 Å². The molecule has 0 radical (unpaired) electrons. The van der Waals surface area contributed by atoms with E-state index in [2.05, 4.69) is 25.9 Å². The van der Waals surface area contributed by atoms with Gasteiger partial charge in [0, 0.05) is 38.9 Å². The Morgan fingerprint density at radius 3 is 2.33 bits per heavy atom. The lowest BCUT2D eigenvalue weighted by Gasteiger charge is -2.20. The van der Waals surface area contributed by atoms with Crippen molar-refractivity contribution < 1.29 is 14.3 Å². The summed E-state index contributed by atoms with van der Waals surface area (Å²) < 4.78 is 11.4. The number of nitrogens with one attached hydrogen (secondary N) is 3. The molecule has 39 heavy (non-hydrogen) atoms. The number of pyridine rings is 1. The predicted molar refractivity (Wildman–Crippen MR) is 152 cm³/mol. The van der Waals surface area contributed by atoms with Gasteiger partial charge in [0.25, 0.3) is 0 Å². The average molecular weight is 548 g/mol. The summed E-state index contributed by atoms with van der Waals surface area (Å²) >= 11 is 5.90. The minimum absolute atomic E-state index is 0.201. The molecule has 2 aromatic carbocycles. The van der Waals surface area contributed by atoms with Crippen LogP contribution < -0.4 is 30.3 Å². The molecule has 10 nitrogen and oxygen atoms in total. The Labute approximate surface area is 232 Å². The second kappa shape index (κ2) is 13.3. The molecule has 0 fully saturated rings. The van der Waals surface area contributed by atoms with Crippen LogP contribution in [-0.2, 0) is 13.0 Å². The molecule has 3 N–H and O–H groups in total. The van der Waals surface area contributed by atoms with Crippen LogP contribution >= 0.6 is 11.6 Å². The minimum atomic E-state index is -0.201. The van der Waals surface area contributed by atoms with E-state index in [1.165, 1.54) is 0 Å². The highest BCUT2D eigenvalue weighted by Gasteiger charge is 2.12. The first-order chi connectivity index (χ1) is 18.9. The molecule has 0 spiro atoms. The zero-order chi connectivity index (χ0) is 27.6. The van der Waals surface area contributed by atoms with Crippen molar-refractivity contribution in [3.8, 4) is 17.4 Å². The number of ether oxygens (including phenoxy) is 2. The van der Waals surface area contributed by atoms with Crippen LogP contribution in [0.15, 0.2) is 73.1 Å². The molecule has 0 bridgehead atoms. The molecule has 202 valence electrons. The van der Waals surface area contributed by atoms with Gasteiger partial charge in [-0.3, -0.25) is 0 Å². The van der Waals surface area contributed by atoms with E-state index in [9.17, 15) is 4.79 Å². The zero-order valence-electron chi connectivity index (χ0n) is 21.9. The molecule has 0 aliphatic rings. The summed E-state index contributed by atoms with van der Waals surface area (Å²) in [4.78, 5) is 26.5. The molecule has 4 rings (SSSR count). The van der Waals surface area contributed by atoms with Crippen molar-refractivity contribution in [2.24, 2.45) is 0 Å². The highest BCUT2D eigenvalue weighted by atomic mass is 35.5. The summed E-state index contributed by atoms with van der Waals surface area (Å²) in [6, 6.07) is 19.1. The molecular weight excluding hydrogens is 518 g/mol. The fourth-order valence-corrected chi connectivity index (χ4v) is 3.74. The summed E-state index contributed by atoms with van der Waals surface area (Å²) in [5, 5.41) is 8.99. The third kappa shape index (κ3) is 7.96. The number of nitrogens with zero attached hydrogens (tertiary/aromatic N) is 4. The maximum absolute atomic E-state index is 11.3. The number of anilines is 3. The molecule has 2 heterocycles. The maximum atomic E-state index is 11.3. The molecule has 0 saturated heterocycles. The van der Waals surface area contributed by atoms with Gasteiger partial charge in [-0.1, -0.05) is 23.7 Å². The fourth-order valence-electron chi connectivity index (χ4n) is 3.65. The minimum Gasteiger partial charge on any atom is -0.497 e. The van der Waals surface area contributed by atoms with Crippen molar-refractivity contribution in [2.75, 3.05) is 38.0 Å². The van der Waals surface area contributed by atoms with Gasteiger partial charge in [-0.2, -0.15) is 4.98 Å². The first-order valence-corrected chi connectivity index (χ1v) is 12.6. The second-order valence-corrected chi connectivity index (χ2v) is 8.95. The number of methoxy groups -OCH3 is 1. The van der Waals surface area contributed by atoms with Gasteiger partial charge in [-0.15, -0.1) is 0 Å². The Balaban J connectivity index is 1.53. The molecule has 2 amide bonds. The van der Waals surface area contributed by atoms with Gasteiger partial charge in [0.2, 0.25) is 11.8 Å². The van der Waals surface area contributed by atoms with Crippen molar-refractivity contribution in [1.82, 2.24) is 25.6 Å². The zero-order valence-corrected chi connectivity index (χ0v) is 22.7. The van der Waals surface area contributed by atoms with Crippen molar-refractivity contribution in [2.45, 2.75) is 13.0 Å². The monoisotopic (exact) mass is 547 g/mol. The predicted octanol–water partition coefficient (Wildman–Crippen LogP) is 5.18. The first-order valence-electron chi connectivity index (χ1n) is 12.3. The summed E-state index contributed by atoms with van der Waals surface area (Å²) in [7, 11) is 5.17. The van der Waals surface area contributed by atoms with E-state index in [0.717, 1.165) is 22.6 Å². The van der Waals surface area contributed by atoms with Gasteiger partial charge < -0.3 is 30.3 Å². The second-order valence-electron chi connectivity index (χ2n) is 8.51. The molecule has 0 unspecified atom stereocenters. The molecule has 0 aliphatic carbocycles. The third-order valence-corrected chi connectivity index (χ3v) is 5.99. The quantitative estimate of drug-likeness (QED) is 0.235. The van der Waals surface area contributed by atoms with Gasteiger partial charge in [0.15, 0.2) is 0 Å². The Kier molecular flexibility index (Phi) is 9.36. The highest BCUT2D eigenvalue weighted by molar-refractivity contribution is 6.30. The lowest BCUT2D eigenvalue weighted by atomic mass is 10.1. The van der Waals surface area contributed by atoms with Crippen LogP contribution in [0.2, 0.25) is 5.02 Å². The smallest absolute Gasteiger partial charge is 0.314 e. The fraction of sp³-hybridized carbons (Fsp3) is 0.214. The van der Waals surface area contributed by atoms with Gasteiger partial charge in [-0.05, 0) is 60.0 Å². The number of rotatable bonds is 11. The Bertz CT molecular complexity index is 1370. The lowest BCUT2D eigenvalue weighted by molar-refractivity contribution is 0.243. The van der Waals surface area contributed by atoms with Crippen molar-refractivity contribution in [3.05, 3.63) is 89.2 Å². The largest absolute Gasteiger partial charge is 0.497 e. The topological polar surface area (TPSA) is 114 Å². The SMILES string of the molecule is CNC(=O)NCCc1ccc(Oc2cc(CNc3ncc(Cl)cn3)cc(N(C)c3ccc(OC)cc3)n2)cc1. The van der Waals surface area contributed by atoms with Crippen molar-refractivity contribution in [3.63, 3.8) is 0 Å². The van der Waals surface area contributed by atoms with E-state index in [1.807, 2.05) is 72.6 Å². The van der Waals surface area contributed by atoms with Crippen LogP contribution in [0.4, 0.5) is 22.2 Å². The molecule has 0 saturated carbocycles. The van der Waals surface area contributed by atoms with Gasteiger partial charge in [0.05, 0.1) is 24.5 Å². The van der Waals surface area contributed by atoms with E-state index in [0.29, 0.717) is 47.9 Å². The van der Waals surface area contributed by atoms with Gasteiger partial charge in [0.1, 0.15) is 17.3 Å². The number of carbonyl (C=O) groups excluding carboxylic acids is 1.